The number of carbonyl (C=O) groups excluding carboxylic acids is 1. The number of nitriles is 1. The van der Waals surface area contributed by atoms with Gasteiger partial charge < -0.3 is 14.8 Å². The van der Waals surface area contributed by atoms with E-state index in [-0.39, 0.29) is 0 Å². The van der Waals surface area contributed by atoms with Gasteiger partial charge in [0.2, 0.25) is 5.88 Å². The van der Waals surface area contributed by atoms with Crippen molar-refractivity contribution in [1.29, 1.82) is 5.26 Å². The molecule has 2 heterocycles. The zero-order valence-electron chi connectivity index (χ0n) is 16.8. The van der Waals surface area contributed by atoms with Crippen LogP contribution in [0.4, 0.5) is 4.79 Å². The predicted molar refractivity (Wildman–Crippen MR) is 109 cm³/mol. The van der Waals surface area contributed by atoms with Crippen molar-refractivity contribution in [2.24, 2.45) is 0 Å². The van der Waals surface area contributed by atoms with Gasteiger partial charge in [-0.15, -0.1) is 0 Å². The van der Waals surface area contributed by atoms with E-state index in [2.05, 4.69) is 21.4 Å². The van der Waals surface area contributed by atoms with E-state index in [4.69, 9.17) is 9.47 Å². The number of methoxy groups -OCH3 is 1. The molecule has 7 nitrogen and oxygen atoms in total. The lowest BCUT2D eigenvalue weighted by Gasteiger charge is -2.19. The van der Waals surface area contributed by atoms with Gasteiger partial charge in [-0.25, -0.2) is 9.78 Å². The number of hydrogen-bond acceptors (Lipinski definition) is 6. The lowest BCUT2D eigenvalue weighted by Crippen LogP contribution is -2.32. The van der Waals surface area contributed by atoms with Crippen LogP contribution in [-0.4, -0.2) is 28.8 Å². The molecule has 3 rings (SSSR count). The fraction of sp³-hybridized carbons (Fsp3) is 0.273. The Morgan fingerprint density at radius 1 is 1.17 bits per heavy atom. The lowest BCUT2D eigenvalue weighted by atomic mass is 9.97. The van der Waals surface area contributed by atoms with Crippen LogP contribution >= 0.6 is 0 Å². The first-order chi connectivity index (χ1) is 13.8. The Bertz CT molecular complexity index is 1080. The molecule has 29 heavy (non-hydrogen) atoms. The summed E-state index contributed by atoms with van der Waals surface area (Å²) in [6, 6.07) is 11.6. The molecule has 7 heteroatoms. The van der Waals surface area contributed by atoms with Crippen LogP contribution in [0.2, 0.25) is 0 Å². The number of benzene rings is 1. The molecule has 0 bridgehead atoms. The van der Waals surface area contributed by atoms with Crippen molar-refractivity contribution in [1.82, 2.24) is 15.3 Å². The molecule has 3 aromatic rings. The maximum absolute atomic E-state index is 11.8. The third-order valence-corrected chi connectivity index (χ3v) is 4.14. The zero-order valence-corrected chi connectivity index (χ0v) is 16.8. The predicted octanol–water partition coefficient (Wildman–Crippen LogP) is 4.20. The standard InChI is InChI=1S/C22H22N4O3/c1-22(2,3)29-21(27)26-11-14-5-7-15(8-6-14)20-16(10-23)12-24-18-13-25-19(28-4)9-17(18)20/h5-9,12-13H,11H2,1-4H3,(H,26,27). The van der Waals surface area contributed by atoms with Crippen LogP contribution in [0.25, 0.3) is 22.0 Å². The molecule has 0 aliphatic heterocycles. The lowest BCUT2D eigenvalue weighted by molar-refractivity contribution is 0.0523. The maximum atomic E-state index is 11.8. The quantitative estimate of drug-likeness (QED) is 0.717. The Morgan fingerprint density at radius 3 is 2.52 bits per heavy atom. The Balaban J connectivity index is 1.89. The fourth-order valence-corrected chi connectivity index (χ4v) is 2.86. The Hall–Kier alpha value is -3.66. The van der Waals surface area contributed by atoms with Gasteiger partial charge in [0.05, 0.1) is 24.4 Å². The van der Waals surface area contributed by atoms with Gasteiger partial charge in [-0.05, 0) is 31.9 Å². The van der Waals surface area contributed by atoms with E-state index in [1.54, 1.807) is 25.6 Å². The summed E-state index contributed by atoms with van der Waals surface area (Å²) < 4.78 is 10.5. The molecule has 0 unspecified atom stereocenters. The van der Waals surface area contributed by atoms with Crippen molar-refractivity contribution in [3.05, 3.63) is 53.9 Å². The molecule has 0 atom stereocenters. The van der Waals surface area contributed by atoms with Gasteiger partial charge in [-0.2, -0.15) is 5.26 Å². The SMILES string of the molecule is COc1cc2c(-c3ccc(CNC(=O)OC(C)(C)C)cc3)c(C#N)cnc2cn1. The molecule has 0 fully saturated rings. The van der Waals surface area contributed by atoms with E-state index in [1.807, 2.05) is 45.0 Å². The van der Waals surface area contributed by atoms with E-state index in [0.29, 0.717) is 23.5 Å². The summed E-state index contributed by atoms with van der Waals surface area (Å²) in [6.45, 7) is 5.79. The molecule has 1 N–H and O–H groups in total. The number of aromatic nitrogens is 2. The number of carbonyl (C=O) groups is 1. The maximum Gasteiger partial charge on any atom is 0.407 e. The monoisotopic (exact) mass is 390 g/mol. The van der Waals surface area contributed by atoms with Gasteiger partial charge in [-0.1, -0.05) is 24.3 Å². The highest BCUT2D eigenvalue weighted by molar-refractivity contribution is 5.97. The van der Waals surface area contributed by atoms with E-state index in [9.17, 15) is 10.1 Å². The minimum absolute atomic E-state index is 0.342. The van der Waals surface area contributed by atoms with Gasteiger partial charge in [0, 0.05) is 29.8 Å². The summed E-state index contributed by atoms with van der Waals surface area (Å²) in [5, 5.41) is 13.1. The Morgan fingerprint density at radius 2 is 1.90 bits per heavy atom. The molecule has 0 aliphatic rings. The van der Waals surface area contributed by atoms with Gasteiger partial charge in [0.15, 0.2) is 0 Å². The summed E-state index contributed by atoms with van der Waals surface area (Å²) in [5.74, 6) is 0.453. The van der Waals surface area contributed by atoms with Crippen molar-refractivity contribution in [3.8, 4) is 23.1 Å². The number of alkyl carbamates (subject to hydrolysis) is 1. The molecular formula is C22H22N4O3. The van der Waals surface area contributed by atoms with Crippen molar-refractivity contribution >= 4 is 17.0 Å². The minimum Gasteiger partial charge on any atom is -0.481 e. The topological polar surface area (TPSA) is 97.1 Å². The second-order valence-electron chi connectivity index (χ2n) is 7.45. The number of nitrogens with one attached hydrogen (secondary N) is 1. The van der Waals surface area contributed by atoms with E-state index in [1.165, 1.54) is 0 Å². The molecular weight excluding hydrogens is 368 g/mol. The number of fused-ring (bicyclic) bond motifs is 1. The van der Waals surface area contributed by atoms with Crippen LogP contribution < -0.4 is 10.1 Å². The molecule has 148 valence electrons. The molecule has 0 saturated carbocycles. The molecule has 0 spiro atoms. The second kappa shape index (κ2) is 8.15. The number of hydrogen-bond donors (Lipinski definition) is 1. The highest BCUT2D eigenvalue weighted by Gasteiger charge is 2.16. The van der Waals surface area contributed by atoms with Gasteiger partial charge in [-0.3, -0.25) is 4.98 Å². The first-order valence-corrected chi connectivity index (χ1v) is 9.10. The average Bonchev–Trinajstić information content (AvgIpc) is 2.70. The summed E-state index contributed by atoms with van der Waals surface area (Å²) >= 11 is 0. The summed E-state index contributed by atoms with van der Waals surface area (Å²) in [4.78, 5) is 20.3. The van der Waals surface area contributed by atoms with Crippen LogP contribution in [0.3, 0.4) is 0 Å². The summed E-state index contributed by atoms with van der Waals surface area (Å²) in [6.07, 6.45) is 2.70. The summed E-state index contributed by atoms with van der Waals surface area (Å²) in [7, 11) is 1.54. The van der Waals surface area contributed by atoms with Crippen molar-refractivity contribution in [2.75, 3.05) is 7.11 Å². The highest BCUT2D eigenvalue weighted by atomic mass is 16.6. The number of amides is 1. The van der Waals surface area contributed by atoms with Crippen molar-refractivity contribution in [3.63, 3.8) is 0 Å². The highest BCUT2D eigenvalue weighted by Crippen LogP contribution is 2.32. The van der Waals surface area contributed by atoms with Crippen LogP contribution in [-0.2, 0) is 11.3 Å². The van der Waals surface area contributed by atoms with Crippen LogP contribution in [0.1, 0.15) is 31.9 Å². The van der Waals surface area contributed by atoms with E-state index >= 15 is 0 Å². The molecule has 1 amide bonds. The number of nitrogens with zero attached hydrogens (tertiary/aromatic N) is 3. The van der Waals surface area contributed by atoms with E-state index < -0.39 is 11.7 Å². The summed E-state index contributed by atoms with van der Waals surface area (Å²) in [5.41, 5.74) is 3.14. The number of ether oxygens (including phenoxy) is 2. The molecule has 2 aromatic heterocycles. The first-order valence-electron chi connectivity index (χ1n) is 9.10. The molecule has 0 saturated heterocycles. The average molecular weight is 390 g/mol. The number of pyridine rings is 2. The smallest absolute Gasteiger partial charge is 0.407 e. The Labute approximate surface area is 169 Å². The third kappa shape index (κ3) is 4.79. The first kappa shape index (κ1) is 20.1. The van der Waals surface area contributed by atoms with Crippen LogP contribution in [0, 0.1) is 11.3 Å². The van der Waals surface area contributed by atoms with Gasteiger partial charge in [0.25, 0.3) is 0 Å². The van der Waals surface area contributed by atoms with E-state index in [0.717, 1.165) is 22.1 Å². The molecule has 0 aliphatic carbocycles. The zero-order chi connectivity index (χ0) is 21.0. The van der Waals surface area contributed by atoms with Gasteiger partial charge >= 0.3 is 6.09 Å². The normalized spacial score (nSPS) is 11.0. The van der Waals surface area contributed by atoms with Crippen LogP contribution in [0.5, 0.6) is 5.88 Å². The number of rotatable bonds is 4. The minimum atomic E-state index is -0.542. The van der Waals surface area contributed by atoms with Crippen molar-refractivity contribution < 1.29 is 14.3 Å². The third-order valence-electron chi connectivity index (χ3n) is 4.14. The molecule has 1 aromatic carbocycles. The van der Waals surface area contributed by atoms with Crippen molar-refractivity contribution in [2.45, 2.75) is 32.9 Å². The fourth-order valence-electron chi connectivity index (χ4n) is 2.86. The van der Waals surface area contributed by atoms with Gasteiger partial charge in [0.1, 0.15) is 11.7 Å². The largest absolute Gasteiger partial charge is 0.481 e. The second-order valence-corrected chi connectivity index (χ2v) is 7.45. The van der Waals surface area contributed by atoms with Crippen LogP contribution in [0.15, 0.2) is 42.7 Å². The molecule has 0 radical (unpaired) electrons. The Kier molecular flexibility index (Phi) is 5.64.